The summed E-state index contributed by atoms with van der Waals surface area (Å²) >= 11 is 0. The summed E-state index contributed by atoms with van der Waals surface area (Å²) in [4.78, 5) is 11.9. The summed E-state index contributed by atoms with van der Waals surface area (Å²) in [6.45, 7) is 6.26. The van der Waals surface area contributed by atoms with Gasteiger partial charge in [-0.1, -0.05) is 17.7 Å². The van der Waals surface area contributed by atoms with E-state index >= 15 is 0 Å². The Bertz CT molecular complexity index is 433. The molecular weight excluding hydrogens is 292 g/mol. The maximum Gasteiger partial charge on any atom is 0.239 e. The number of aryl methyl sites for hydroxylation is 1. The van der Waals surface area contributed by atoms with Crippen molar-refractivity contribution < 1.29 is 14.3 Å². The van der Waals surface area contributed by atoms with E-state index in [0.29, 0.717) is 26.3 Å². The fraction of sp³-hybridized carbons (Fsp3) is 0.533. The monoisotopic (exact) mass is 314 g/mol. The number of rotatable bonds is 5. The molecule has 1 aliphatic heterocycles. The number of benzene rings is 1. The largest absolute Gasteiger partial charge is 0.489 e. The smallest absolute Gasteiger partial charge is 0.239 e. The highest BCUT2D eigenvalue weighted by Crippen LogP contribution is 2.12. The van der Waals surface area contributed by atoms with Crippen LogP contribution in [0.1, 0.15) is 12.5 Å². The molecule has 6 heteroatoms. The van der Waals surface area contributed by atoms with Gasteiger partial charge in [0.05, 0.1) is 19.8 Å². The van der Waals surface area contributed by atoms with Crippen LogP contribution in [0.2, 0.25) is 0 Å². The van der Waals surface area contributed by atoms with Gasteiger partial charge in [-0.25, -0.2) is 0 Å². The summed E-state index contributed by atoms with van der Waals surface area (Å²) < 4.78 is 11.0. The van der Waals surface area contributed by atoms with Crippen LogP contribution in [0.25, 0.3) is 0 Å². The molecule has 1 aliphatic rings. The van der Waals surface area contributed by atoms with Gasteiger partial charge >= 0.3 is 0 Å². The Hall–Kier alpha value is -1.30. The van der Waals surface area contributed by atoms with Crippen molar-refractivity contribution in [2.75, 3.05) is 26.3 Å². The standard InChI is InChI=1S/C15H22N2O3.ClH/c1-11-3-5-13(6-4-11)20-12(2)9-17-15(18)14-10-19-8-7-16-14;/h3-6,12,14,16H,7-10H2,1-2H3,(H,17,18);1H. The third-order valence-electron chi connectivity index (χ3n) is 3.16. The molecule has 0 aromatic heterocycles. The number of carbonyl (C=O) groups is 1. The SMILES string of the molecule is Cc1ccc(OC(C)CNC(=O)C2COCCN2)cc1.Cl. The summed E-state index contributed by atoms with van der Waals surface area (Å²) in [6.07, 6.45) is -0.0776. The highest BCUT2D eigenvalue weighted by molar-refractivity contribution is 5.85. The van der Waals surface area contributed by atoms with Crippen LogP contribution in [-0.2, 0) is 9.53 Å². The Morgan fingerprint density at radius 3 is 2.81 bits per heavy atom. The molecular formula is C15H23ClN2O3. The molecule has 1 fully saturated rings. The molecule has 21 heavy (non-hydrogen) atoms. The molecule has 2 atom stereocenters. The minimum absolute atomic E-state index is 0. The Morgan fingerprint density at radius 2 is 2.19 bits per heavy atom. The third kappa shape index (κ3) is 5.91. The molecule has 1 aromatic carbocycles. The fourth-order valence-corrected chi connectivity index (χ4v) is 1.99. The normalized spacial score (nSPS) is 19.2. The molecule has 1 saturated heterocycles. The third-order valence-corrected chi connectivity index (χ3v) is 3.16. The van der Waals surface area contributed by atoms with Gasteiger partial charge in [0.1, 0.15) is 17.9 Å². The van der Waals surface area contributed by atoms with Crippen molar-refractivity contribution in [3.8, 4) is 5.75 Å². The van der Waals surface area contributed by atoms with Gasteiger partial charge in [-0.05, 0) is 26.0 Å². The van der Waals surface area contributed by atoms with Gasteiger partial charge in [-0.2, -0.15) is 0 Å². The number of ether oxygens (including phenoxy) is 2. The molecule has 0 bridgehead atoms. The zero-order valence-electron chi connectivity index (χ0n) is 12.4. The Kier molecular flexibility index (Phi) is 7.50. The molecule has 1 aromatic rings. The van der Waals surface area contributed by atoms with Crippen LogP contribution in [-0.4, -0.2) is 44.4 Å². The maximum atomic E-state index is 11.9. The van der Waals surface area contributed by atoms with Crippen molar-refractivity contribution in [3.05, 3.63) is 29.8 Å². The van der Waals surface area contributed by atoms with E-state index in [4.69, 9.17) is 9.47 Å². The van der Waals surface area contributed by atoms with Crippen LogP contribution in [0.4, 0.5) is 0 Å². The maximum absolute atomic E-state index is 11.9. The molecule has 1 amide bonds. The molecule has 1 heterocycles. The lowest BCUT2D eigenvalue weighted by atomic mass is 10.2. The molecule has 2 N–H and O–H groups in total. The summed E-state index contributed by atoms with van der Waals surface area (Å²) in [7, 11) is 0. The van der Waals surface area contributed by atoms with Crippen LogP contribution in [0.5, 0.6) is 5.75 Å². The second-order valence-corrected chi connectivity index (χ2v) is 5.07. The van der Waals surface area contributed by atoms with Crippen LogP contribution in [0.15, 0.2) is 24.3 Å². The van der Waals surface area contributed by atoms with Crippen molar-refractivity contribution in [2.24, 2.45) is 0 Å². The van der Waals surface area contributed by atoms with Gasteiger partial charge in [0.25, 0.3) is 0 Å². The first-order chi connectivity index (χ1) is 9.65. The lowest BCUT2D eigenvalue weighted by Crippen LogP contribution is -2.52. The Morgan fingerprint density at radius 1 is 1.48 bits per heavy atom. The topological polar surface area (TPSA) is 59.6 Å². The second kappa shape index (κ2) is 8.87. The summed E-state index contributed by atoms with van der Waals surface area (Å²) in [5, 5.41) is 6.00. The van der Waals surface area contributed by atoms with Gasteiger partial charge in [0.2, 0.25) is 5.91 Å². The lowest BCUT2D eigenvalue weighted by Gasteiger charge is -2.24. The zero-order chi connectivity index (χ0) is 14.4. The molecule has 2 rings (SSSR count). The van der Waals surface area contributed by atoms with Gasteiger partial charge in [-0.15, -0.1) is 12.4 Å². The van der Waals surface area contributed by atoms with Crippen molar-refractivity contribution >= 4 is 18.3 Å². The Balaban J connectivity index is 0.00000220. The molecule has 0 aliphatic carbocycles. The summed E-state index contributed by atoms with van der Waals surface area (Å²) in [6, 6.07) is 7.62. The van der Waals surface area contributed by atoms with Crippen LogP contribution in [0, 0.1) is 6.92 Å². The second-order valence-electron chi connectivity index (χ2n) is 5.07. The fourth-order valence-electron chi connectivity index (χ4n) is 1.99. The molecule has 118 valence electrons. The number of amides is 1. The van der Waals surface area contributed by atoms with E-state index in [9.17, 15) is 4.79 Å². The average molecular weight is 315 g/mol. The van der Waals surface area contributed by atoms with Gasteiger partial charge in [0, 0.05) is 6.54 Å². The first kappa shape index (κ1) is 17.8. The molecule has 0 saturated carbocycles. The first-order valence-corrected chi connectivity index (χ1v) is 6.97. The number of hydrogen-bond donors (Lipinski definition) is 2. The molecule has 2 unspecified atom stereocenters. The van der Waals surface area contributed by atoms with E-state index in [1.165, 1.54) is 5.56 Å². The van der Waals surface area contributed by atoms with E-state index in [0.717, 1.165) is 5.75 Å². The lowest BCUT2D eigenvalue weighted by molar-refractivity contribution is -0.126. The quantitative estimate of drug-likeness (QED) is 0.860. The van der Waals surface area contributed by atoms with Gasteiger partial charge < -0.3 is 20.1 Å². The van der Waals surface area contributed by atoms with Crippen LogP contribution < -0.4 is 15.4 Å². The highest BCUT2D eigenvalue weighted by atomic mass is 35.5. The molecule has 5 nitrogen and oxygen atoms in total. The summed E-state index contributed by atoms with van der Waals surface area (Å²) in [5.74, 6) is 0.778. The van der Waals surface area contributed by atoms with E-state index in [1.807, 2.05) is 38.1 Å². The van der Waals surface area contributed by atoms with Gasteiger partial charge in [0.15, 0.2) is 0 Å². The first-order valence-electron chi connectivity index (χ1n) is 6.97. The van der Waals surface area contributed by atoms with E-state index in [1.54, 1.807) is 0 Å². The van der Waals surface area contributed by atoms with Crippen molar-refractivity contribution in [1.82, 2.24) is 10.6 Å². The molecule has 0 radical (unpaired) electrons. The number of carbonyl (C=O) groups excluding carboxylic acids is 1. The number of nitrogens with one attached hydrogen (secondary N) is 2. The predicted octanol–water partition coefficient (Wildman–Crippen LogP) is 1.29. The van der Waals surface area contributed by atoms with Crippen molar-refractivity contribution in [3.63, 3.8) is 0 Å². The average Bonchev–Trinajstić information content (AvgIpc) is 2.48. The number of halogens is 1. The predicted molar refractivity (Wildman–Crippen MR) is 84.1 cm³/mol. The number of morpholine rings is 1. The van der Waals surface area contributed by atoms with Crippen molar-refractivity contribution in [2.45, 2.75) is 26.0 Å². The van der Waals surface area contributed by atoms with Crippen molar-refractivity contribution in [1.29, 1.82) is 0 Å². The molecule has 0 spiro atoms. The van der Waals surface area contributed by atoms with Gasteiger partial charge in [-0.3, -0.25) is 4.79 Å². The van der Waals surface area contributed by atoms with Crippen LogP contribution in [0.3, 0.4) is 0 Å². The van der Waals surface area contributed by atoms with E-state index < -0.39 is 0 Å². The Labute approximate surface area is 131 Å². The highest BCUT2D eigenvalue weighted by Gasteiger charge is 2.21. The zero-order valence-corrected chi connectivity index (χ0v) is 13.2. The minimum atomic E-state index is -0.254. The minimum Gasteiger partial charge on any atom is -0.489 e. The van der Waals surface area contributed by atoms with E-state index in [2.05, 4.69) is 10.6 Å². The number of hydrogen-bond acceptors (Lipinski definition) is 4. The van der Waals surface area contributed by atoms with E-state index in [-0.39, 0.29) is 30.5 Å². The summed E-state index contributed by atoms with van der Waals surface area (Å²) in [5.41, 5.74) is 1.20. The van der Waals surface area contributed by atoms with Crippen LogP contribution >= 0.6 is 12.4 Å².